The molecule has 1 aliphatic carbocycles. The predicted octanol–water partition coefficient (Wildman–Crippen LogP) is 3.53. The number of fused-ring (bicyclic) bond motifs is 1. The number of halogens is 2. The molecule has 0 amide bonds. The molecule has 1 aliphatic rings. The first kappa shape index (κ1) is 14.3. The van der Waals surface area contributed by atoms with Crippen LogP contribution in [0, 0.1) is 12.7 Å². The van der Waals surface area contributed by atoms with Crippen LogP contribution in [0.4, 0.5) is 4.39 Å². The second kappa shape index (κ2) is 4.83. The zero-order valence-electron chi connectivity index (χ0n) is 12.2. The van der Waals surface area contributed by atoms with E-state index in [1.807, 2.05) is 0 Å². The summed E-state index contributed by atoms with van der Waals surface area (Å²) in [4.78, 5) is 15.5. The number of pyridine rings is 1. The Balaban J connectivity index is 2.11. The minimum atomic E-state index is -0.614. The lowest BCUT2D eigenvalue weighted by molar-refractivity contribution is 0.470. The SMILES string of the molecule is Cc1nn(C2CC2)c2[nH]c(-c3c(F)cccc3Cl)c(O)c(=O)c12. The Morgan fingerprint density at radius 1 is 1.43 bits per heavy atom. The summed E-state index contributed by atoms with van der Waals surface area (Å²) in [5.74, 6) is -1.17. The van der Waals surface area contributed by atoms with Gasteiger partial charge in [0.05, 0.1) is 33.4 Å². The number of aryl methyl sites for hydroxylation is 1. The molecule has 0 unspecified atom stereocenters. The molecule has 0 bridgehead atoms. The number of nitrogens with one attached hydrogen (secondary N) is 1. The Hall–Kier alpha value is -2.34. The lowest BCUT2D eigenvalue weighted by Crippen LogP contribution is -2.07. The van der Waals surface area contributed by atoms with E-state index in [-0.39, 0.29) is 22.3 Å². The number of hydrogen-bond donors (Lipinski definition) is 2. The van der Waals surface area contributed by atoms with E-state index in [0.717, 1.165) is 12.8 Å². The number of benzene rings is 1. The first-order valence-electron chi connectivity index (χ1n) is 7.27. The van der Waals surface area contributed by atoms with Crippen molar-refractivity contribution in [3.63, 3.8) is 0 Å². The third kappa shape index (κ3) is 2.05. The van der Waals surface area contributed by atoms with Gasteiger partial charge in [-0.15, -0.1) is 0 Å². The summed E-state index contributed by atoms with van der Waals surface area (Å²) in [5.41, 5.74) is 0.411. The molecule has 2 N–H and O–H groups in total. The topological polar surface area (TPSA) is 70.9 Å². The molecule has 1 saturated carbocycles. The molecule has 1 fully saturated rings. The Morgan fingerprint density at radius 2 is 2.17 bits per heavy atom. The number of aromatic amines is 1. The molecule has 1 aromatic carbocycles. The van der Waals surface area contributed by atoms with Gasteiger partial charge in [0, 0.05) is 0 Å². The monoisotopic (exact) mass is 333 g/mol. The van der Waals surface area contributed by atoms with Gasteiger partial charge in [0.1, 0.15) is 11.5 Å². The van der Waals surface area contributed by atoms with E-state index in [9.17, 15) is 14.3 Å². The highest BCUT2D eigenvalue weighted by molar-refractivity contribution is 6.33. The third-order valence-corrected chi connectivity index (χ3v) is 4.43. The summed E-state index contributed by atoms with van der Waals surface area (Å²) in [6, 6.07) is 4.43. The van der Waals surface area contributed by atoms with Crippen LogP contribution in [-0.4, -0.2) is 19.9 Å². The van der Waals surface area contributed by atoms with Crippen molar-refractivity contribution >= 4 is 22.6 Å². The maximum Gasteiger partial charge on any atom is 0.235 e. The Morgan fingerprint density at radius 3 is 2.83 bits per heavy atom. The first-order chi connectivity index (χ1) is 11.0. The van der Waals surface area contributed by atoms with Crippen LogP contribution in [0.15, 0.2) is 23.0 Å². The molecule has 7 heteroatoms. The molecule has 118 valence electrons. The van der Waals surface area contributed by atoms with E-state index in [4.69, 9.17) is 11.6 Å². The fourth-order valence-corrected chi connectivity index (χ4v) is 3.11. The highest BCUT2D eigenvalue weighted by Gasteiger charge is 2.29. The standard InChI is InChI=1S/C16H13ClFN3O2/c1-7-11-14(22)15(23)13(12-9(17)3-2-4-10(12)18)19-16(11)21(20-7)8-5-6-8/h2-4,8,23H,5-6H2,1H3,(H,19,22). The van der Waals surface area contributed by atoms with E-state index >= 15 is 0 Å². The molecule has 5 nitrogen and oxygen atoms in total. The Labute approximate surface area is 135 Å². The van der Waals surface area contributed by atoms with Gasteiger partial charge in [-0.1, -0.05) is 17.7 Å². The van der Waals surface area contributed by atoms with Crippen LogP contribution in [0.5, 0.6) is 5.75 Å². The molecule has 3 aromatic rings. The first-order valence-corrected chi connectivity index (χ1v) is 7.65. The molecular weight excluding hydrogens is 321 g/mol. The van der Waals surface area contributed by atoms with Crippen molar-refractivity contribution in [2.75, 3.05) is 0 Å². The second-order valence-corrected chi connectivity index (χ2v) is 6.17. The molecule has 0 saturated heterocycles. The van der Waals surface area contributed by atoms with Crippen LogP contribution in [0.25, 0.3) is 22.3 Å². The third-order valence-electron chi connectivity index (χ3n) is 4.11. The molecule has 2 heterocycles. The molecule has 23 heavy (non-hydrogen) atoms. The maximum absolute atomic E-state index is 14.2. The molecule has 0 radical (unpaired) electrons. The molecule has 2 aromatic heterocycles. The number of rotatable bonds is 2. The van der Waals surface area contributed by atoms with Crippen LogP contribution in [0.2, 0.25) is 5.02 Å². The normalized spacial score (nSPS) is 14.6. The summed E-state index contributed by atoms with van der Waals surface area (Å²) >= 11 is 6.06. The average Bonchev–Trinajstić information content (AvgIpc) is 3.28. The lowest BCUT2D eigenvalue weighted by Gasteiger charge is -2.10. The van der Waals surface area contributed by atoms with Gasteiger partial charge in [-0.25, -0.2) is 9.07 Å². The minimum Gasteiger partial charge on any atom is -0.503 e. The van der Waals surface area contributed by atoms with Crippen molar-refractivity contribution in [3.05, 3.63) is 45.0 Å². The summed E-state index contributed by atoms with van der Waals surface area (Å²) in [6.07, 6.45) is 1.96. The molecule has 0 atom stereocenters. The number of aromatic nitrogens is 3. The molecule has 0 aliphatic heterocycles. The predicted molar refractivity (Wildman–Crippen MR) is 85.4 cm³/mol. The van der Waals surface area contributed by atoms with Gasteiger partial charge < -0.3 is 10.1 Å². The zero-order valence-corrected chi connectivity index (χ0v) is 13.0. The van der Waals surface area contributed by atoms with Gasteiger partial charge in [-0.3, -0.25) is 4.79 Å². The number of aromatic hydroxyl groups is 1. The molecule has 0 spiro atoms. The quantitative estimate of drug-likeness (QED) is 0.753. The second-order valence-electron chi connectivity index (χ2n) is 5.76. The van der Waals surface area contributed by atoms with Crippen LogP contribution in [0.3, 0.4) is 0 Å². The lowest BCUT2D eigenvalue weighted by atomic mass is 10.1. The van der Waals surface area contributed by atoms with Crippen LogP contribution in [-0.2, 0) is 0 Å². The largest absolute Gasteiger partial charge is 0.503 e. The fraction of sp³-hybridized carbons (Fsp3) is 0.250. The van der Waals surface area contributed by atoms with Crippen molar-refractivity contribution in [1.29, 1.82) is 0 Å². The van der Waals surface area contributed by atoms with Gasteiger partial charge in [-0.05, 0) is 31.9 Å². The number of nitrogens with zero attached hydrogens (tertiary/aromatic N) is 2. The van der Waals surface area contributed by atoms with Gasteiger partial charge in [-0.2, -0.15) is 5.10 Å². The maximum atomic E-state index is 14.2. The summed E-state index contributed by atoms with van der Waals surface area (Å²) in [7, 11) is 0. The van der Waals surface area contributed by atoms with E-state index in [0.29, 0.717) is 16.7 Å². The van der Waals surface area contributed by atoms with Gasteiger partial charge in [0.2, 0.25) is 5.43 Å². The average molecular weight is 334 g/mol. The van der Waals surface area contributed by atoms with Gasteiger partial charge in [0.15, 0.2) is 5.75 Å². The van der Waals surface area contributed by atoms with Crippen molar-refractivity contribution in [1.82, 2.24) is 14.8 Å². The van der Waals surface area contributed by atoms with Gasteiger partial charge in [0.25, 0.3) is 0 Å². The van der Waals surface area contributed by atoms with Crippen LogP contribution in [0.1, 0.15) is 24.6 Å². The van der Waals surface area contributed by atoms with Crippen molar-refractivity contribution in [2.45, 2.75) is 25.8 Å². The number of H-pyrrole nitrogens is 1. The minimum absolute atomic E-state index is 0.0209. The van der Waals surface area contributed by atoms with E-state index in [1.165, 1.54) is 18.2 Å². The van der Waals surface area contributed by atoms with E-state index in [2.05, 4.69) is 10.1 Å². The van der Waals surface area contributed by atoms with Crippen molar-refractivity contribution in [3.8, 4) is 17.0 Å². The summed E-state index contributed by atoms with van der Waals surface area (Å²) in [5, 5.41) is 15.1. The van der Waals surface area contributed by atoms with Crippen molar-refractivity contribution in [2.24, 2.45) is 0 Å². The van der Waals surface area contributed by atoms with Gasteiger partial charge >= 0.3 is 0 Å². The van der Waals surface area contributed by atoms with E-state index in [1.54, 1.807) is 11.6 Å². The zero-order chi connectivity index (χ0) is 16.3. The highest BCUT2D eigenvalue weighted by atomic mass is 35.5. The van der Waals surface area contributed by atoms with Crippen LogP contribution >= 0.6 is 11.6 Å². The Bertz CT molecular complexity index is 984. The van der Waals surface area contributed by atoms with E-state index < -0.39 is 17.0 Å². The fourth-order valence-electron chi connectivity index (χ4n) is 2.85. The Kier molecular flexibility index (Phi) is 2.99. The molecular formula is C16H13ClFN3O2. The molecule has 4 rings (SSSR count). The smallest absolute Gasteiger partial charge is 0.235 e. The van der Waals surface area contributed by atoms with Crippen LogP contribution < -0.4 is 5.43 Å². The summed E-state index contributed by atoms with van der Waals surface area (Å²) < 4.78 is 15.9. The van der Waals surface area contributed by atoms with Crippen molar-refractivity contribution < 1.29 is 9.50 Å². The summed E-state index contributed by atoms with van der Waals surface area (Å²) in [6.45, 7) is 1.71. The number of hydrogen-bond acceptors (Lipinski definition) is 3. The highest BCUT2D eigenvalue weighted by Crippen LogP contribution is 2.39.